The van der Waals surface area contributed by atoms with Crippen LogP contribution in [0.5, 0.6) is 0 Å². The fraction of sp³-hybridized carbons (Fsp3) is 0. The van der Waals surface area contributed by atoms with Crippen LogP contribution in [0.2, 0.25) is 0 Å². The largest absolute Gasteiger partial charge is 0.455 e. The van der Waals surface area contributed by atoms with Crippen molar-refractivity contribution in [3.05, 3.63) is 152 Å². The Morgan fingerprint density at radius 3 is 1.64 bits per heavy atom. The highest BCUT2D eigenvalue weighted by molar-refractivity contribution is 6.19. The van der Waals surface area contributed by atoms with Crippen molar-refractivity contribution in [2.24, 2.45) is 0 Å². The number of aromatic nitrogens is 1. The molecule has 0 saturated carbocycles. The summed E-state index contributed by atoms with van der Waals surface area (Å²) < 4.78 is 15.7. The molecule has 7 aromatic carbocycles. The monoisotopic (exact) mass is 575 g/mol. The summed E-state index contributed by atoms with van der Waals surface area (Å²) in [7, 11) is 0. The second-order valence-electron chi connectivity index (χ2n) is 11.7. The van der Waals surface area contributed by atoms with E-state index in [0.717, 1.165) is 77.3 Å². The molecule has 0 aliphatic carbocycles. The van der Waals surface area contributed by atoms with E-state index < -0.39 is 0 Å². The van der Waals surface area contributed by atoms with Crippen LogP contribution in [-0.4, -0.2) is 4.57 Å². The lowest BCUT2D eigenvalue weighted by Gasteiger charge is -2.08. The van der Waals surface area contributed by atoms with Gasteiger partial charge in [-0.05, 0) is 53.1 Å². The zero-order chi connectivity index (χ0) is 29.5. The van der Waals surface area contributed by atoms with Gasteiger partial charge in [-0.1, -0.05) is 109 Å². The molecule has 10 aromatic rings. The second-order valence-corrected chi connectivity index (χ2v) is 11.7. The van der Waals surface area contributed by atoms with Crippen LogP contribution in [0.25, 0.3) is 93.6 Å². The van der Waals surface area contributed by atoms with E-state index in [4.69, 9.17) is 8.83 Å². The van der Waals surface area contributed by atoms with Crippen LogP contribution in [-0.2, 0) is 0 Å². The topological polar surface area (TPSA) is 31.2 Å². The standard InChI is InChI=1S/C42H25NO2/c1-3-12-26(13-4-1)28-22-32(27-14-5-2-6-15-27)41-35(23-28)34-24-33-31-18-11-21-38(42(31)45-39(33)25-40(34)44-41)43-36-19-9-7-16-29(36)30-17-8-10-20-37(30)43/h1-25H. The number of fused-ring (bicyclic) bond motifs is 9. The summed E-state index contributed by atoms with van der Waals surface area (Å²) in [6.07, 6.45) is 0. The van der Waals surface area contributed by atoms with E-state index in [1.165, 1.54) is 16.3 Å². The molecule has 0 atom stereocenters. The molecule has 0 saturated heterocycles. The van der Waals surface area contributed by atoms with Crippen LogP contribution in [0, 0.1) is 0 Å². The number of hydrogen-bond acceptors (Lipinski definition) is 2. The molecular formula is C42H25NO2. The minimum atomic E-state index is 0.814. The highest BCUT2D eigenvalue weighted by atomic mass is 16.3. The van der Waals surface area contributed by atoms with Gasteiger partial charge in [-0.15, -0.1) is 0 Å². The van der Waals surface area contributed by atoms with Gasteiger partial charge in [0.25, 0.3) is 0 Å². The number of rotatable bonds is 3. The minimum Gasteiger partial charge on any atom is -0.455 e. The predicted molar refractivity (Wildman–Crippen MR) is 186 cm³/mol. The van der Waals surface area contributed by atoms with Gasteiger partial charge in [-0.25, -0.2) is 0 Å². The average Bonchev–Trinajstić information content (AvgIpc) is 3.76. The van der Waals surface area contributed by atoms with E-state index in [1.54, 1.807) is 0 Å². The van der Waals surface area contributed by atoms with Crippen LogP contribution in [0.4, 0.5) is 0 Å². The molecule has 3 heterocycles. The molecule has 0 bridgehead atoms. The van der Waals surface area contributed by atoms with E-state index >= 15 is 0 Å². The molecule has 0 fully saturated rings. The van der Waals surface area contributed by atoms with Gasteiger partial charge in [0.1, 0.15) is 16.7 Å². The first-order valence-corrected chi connectivity index (χ1v) is 15.3. The van der Waals surface area contributed by atoms with Crippen LogP contribution in [0.15, 0.2) is 160 Å². The molecule has 0 aliphatic rings. The third-order valence-electron chi connectivity index (χ3n) is 9.18. The molecule has 0 aliphatic heterocycles. The molecule has 0 spiro atoms. The first kappa shape index (κ1) is 24.4. The molecule has 3 aromatic heterocycles. The average molecular weight is 576 g/mol. The smallest absolute Gasteiger partial charge is 0.159 e. The first-order chi connectivity index (χ1) is 22.3. The summed E-state index contributed by atoms with van der Waals surface area (Å²) in [4.78, 5) is 0. The molecule has 10 rings (SSSR count). The Morgan fingerprint density at radius 1 is 0.356 bits per heavy atom. The van der Waals surface area contributed by atoms with Crippen molar-refractivity contribution in [1.29, 1.82) is 0 Å². The van der Waals surface area contributed by atoms with Crippen molar-refractivity contribution in [3.63, 3.8) is 0 Å². The Kier molecular flexibility index (Phi) is 5.00. The van der Waals surface area contributed by atoms with Crippen molar-refractivity contribution in [2.75, 3.05) is 0 Å². The fourth-order valence-corrected chi connectivity index (χ4v) is 7.14. The van der Waals surface area contributed by atoms with Gasteiger partial charge >= 0.3 is 0 Å². The lowest BCUT2D eigenvalue weighted by molar-refractivity contribution is 0.655. The Morgan fingerprint density at radius 2 is 0.933 bits per heavy atom. The molecular weight excluding hydrogens is 550 g/mol. The third-order valence-corrected chi connectivity index (χ3v) is 9.18. The van der Waals surface area contributed by atoms with Crippen molar-refractivity contribution >= 4 is 65.7 Å². The van der Waals surface area contributed by atoms with Crippen molar-refractivity contribution in [2.45, 2.75) is 0 Å². The summed E-state index contributed by atoms with van der Waals surface area (Å²) in [5.41, 5.74) is 11.3. The fourth-order valence-electron chi connectivity index (χ4n) is 7.14. The highest BCUT2D eigenvalue weighted by Gasteiger charge is 2.20. The number of para-hydroxylation sites is 3. The second kappa shape index (κ2) is 9.22. The number of benzene rings is 7. The number of furan rings is 2. The molecule has 0 unspecified atom stereocenters. The Balaban J connectivity index is 1.27. The van der Waals surface area contributed by atoms with Crippen molar-refractivity contribution in [1.82, 2.24) is 4.57 Å². The van der Waals surface area contributed by atoms with Crippen LogP contribution in [0.1, 0.15) is 0 Å². The predicted octanol–water partition coefficient (Wildman–Crippen LogP) is 11.9. The molecule has 0 N–H and O–H groups in total. The van der Waals surface area contributed by atoms with Gasteiger partial charge in [0.15, 0.2) is 5.58 Å². The van der Waals surface area contributed by atoms with Gasteiger partial charge < -0.3 is 13.4 Å². The lowest BCUT2D eigenvalue weighted by atomic mass is 9.95. The highest BCUT2D eigenvalue weighted by Crippen LogP contribution is 2.43. The van der Waals surface area contributed by atoms with E-state index in [2.05, 4.69) is 150 Å². The summed E-state index contributed by atoms with van der Waals surface area (Å²) >= 11 is 0. The van der Waals surface area contributed by atoms with E-state index in [0.29, 0.717) is 0 Å². The summed E-state index contributed by atoms with van der Waals surface area (Å²) in [5, 5.41) is 6.80. The summed E-state index contributed by atoms with van der Waals surface area (Å²) in [6.45, 7) is 0. The summed E-state index contributed by atoms with van der Waals surface area (Å²) in [5.74, 6) is 0. The number of hydrogen-bond donors (Lipinski definition) is 0. The molecule has 45 heavy (non-hydrogen) atoms. The summed E-state index contributed by atoms with van der Waals surface area (Å²) in [6, 6.07) is 53.5. The van der Waals surface area contributed by atoms with E-state index in [-0.39, 0.29) is 0 Å². The minimum absolute atomic E-state index is 0.814. The van der Waals surface area contributed by atoms with Gasteiger partial charge in [-0.2, -0.15) is 0 Å². The van der Waals surface area contributed by atoms with Gasteiger partial charge in [0.05, 0.1) is 16.7 Å². The first-order valence-electron chi connectivity index (χ1n) is 15.3. The number of nitrogens with zero attached hydrogens (tertiary/aromatic N) is 1. The molecule has 210 valence electrons. The molecule has 0 radical (unpaired) electrons. The third kappa shape index (κ3) is 3.52. The van der Waals surface area contributed by atoms with Gasteiger partial charge in [-0.3, -0.25) is 0 Å². The lowest BCUT2D eigenvalue weighted by Crippen LogP contribution is -1.93. The van der Waals surface area contributed by atoms with Crippen LogP contribution in [0.3, 0.4) is 0 Å². The quantitative estimate of drug-likeness (QED) is 0.210. The van der Waals surface area contributed by atoms with E-state index in [1.807, 2.05) is 6.07 Å². The van der Waals surface area contributed by atoms with Crippen molar-refractivity contribution in [3.8, 4) is 27.9 Å². The zero-order valence-corrected chi connectivity index (χ0v) is 24.2. The molecule has 3 heteroatoms. The van der Waals surface area contributed by atoms with Gasteiger partial charge in [0, 0.05) is 43.9 Å². The maximum absolute atomic E-state index is 6.74. The molecule has 3 nitrogen and oxygen atoms in total. The van der Waals surface area contributed by atoms with E-state index in [9.17, 15) is 0 Å². The molecule has 0 amide bonds. The van der Waals surface area contributed by atoms with Crippen molar-refractivity contribution < 1.29 is 8.83 Å². The van der Waals surface area contributed by atoms with Crippen LogP contribution < -0.4 is 0 Å². The normalized spacial score (nSPS) is 12.0. The SMILES string of the molecule is c1ccc(-c2cc(-c3ccccc3)c3oc4cc5oc6c(-n7c8ccccc8c8ccccc87)cccc6c5cc4c3c2)cc1. The zero-order valence-electron chi connectivity index (χ0n) is 24.2. The van der Waals surface area contributed by atoms with Crippen LogP contribution >= 0.6 is 0 Å². The Hall–Kier alpha value is -6.06. The van der Waals surface area contributed by atoms with Gasteiger partial charge in [0.2, 0.25) is 0 Å². The maximum Gasteiger partial charge on any atom is 0.159 e. The Bertz CT molecular complexity index is 2690. The maximum atomic E-state index is 6.74. The Labute approximate surface area is 258 Å².